The van der Waals surface area contributed by atoms with E-state index in [-0.39, 0.29) is 18.4 Å². The zero-order valence-electron chi connectivity index (χ0n) is 10.1. The zero-order valence-corrected chi connectivity index (χ0v) is 10.1. The van der Waals surface area contributed by atoms with Gasteiger partial charge in [0.1, 0.15) is 0 Å². The average molecular weight is 262 g/mol. The van der Waals surface area contributed by atoms with Crippen LogP contribution in [0.3, 0.4) is 0 Å². The highest BCUT2D eigenvalue weighted by Gasteiger charge is 2.46. The van der Waals surface area contributed by atoms with Gasteiger partial charge in [-0.05, 0) is 6.42 Å². The van der Waals surface area contributed by atoms with E-state index in [0.29, 0.717) is 17.9 Å². The van der Waals surface area contributed by atoms with Crippen molar-refractivity contribution in [3.05, 3.63) is 0 Å². The summed E-state index contributed by atoms with van der Waals surface area (Å²) in [6.45, 7) is 1.40. The summed E-state index contributed by atoms with van der Waals surface area (Å²) < 4.78 is 27.0. The standard InChI is InChI=1S/C11H16F2N2O3/c1-7-2-3-15(9(7)16)8-4-11(12,13)6-14(5-8)10(17)18/h7-8H,2-6H2,1H3,(H,17,18)/t7?,8-/m1/s1. The second kappa shape index (κ2) is 4.37. The monoisotopic (exact) mass is 262 g/mol. The molecule has 1 N–H and O–H groups in total. The van der Waals surface area contributed by atoms with Crippen LogP contribution < -0.4 is 0 Å². The number of likely N-dealkylation sites (tertiary alicyclic amines) is 2. The molecule has 18 heavy (non-hydrogen) atoms. The van der Waals surface area contributed by atoms with Crippen molar-refractivity contribution in [1.82, 2.24) is 9.80 Å². The predicted molar refractivity (Wildman–Crippen MR) is 58.4 cm³/mol. The number of hydrogen-bond donors (Lipinski definition) is 1. The molecule has 0 spiro atoms. The van der Waals surface area contributed by atoms with Gasteiger partial charge in [0.2, 0.25) is 5.91 Å². The SMILES string of the molecule is CC1CCN([C@H]2CN(C(=O)O)CC(F)(F)C2)C1=O. The fraction of sp³-hybridized carbons (Fsp3) is 0.818. The Morgan fingerprint density at radius 3 is 2.67 bits per heavy atom. The first-order valence-electron chi connectivity index (χ1n) is 5.96. The van der Waals surface area contributed by atoms with Crippen molar-refractivity contribution in [2.75, 3.05) is 19.6 Å². The van der Waals surface area contributed by atoms with Gasteiger partial charge < -0.3 is 14.9 Å². The topological polar surface area (TPSA) is 60.9 Å². The molecule has 1 unspecified atom stereocenters. The number of carboxylic acid groups (broad SMARTS) is 1. The van der Waals surface area contributed by atoms with Crippen molar-refractivity contribution in [3.8, 4) is 0 Å². The molecule has 5 nitrogen and oxygen atoms in total. The normalized spacial score (nSPS) is 31.8. The van der Waals surface area contributed by atoms with Gasteiger partial charge in [-0.1, -0.05) is 6.92 Å². The van der Waals surface area contributed by atoms with Gasteiger partial charge in [-0.15, -0.1) is 0 Å². The molecule has 0 aromatic carbocycles. The molecule has 2 rings (SSSR count). The van der Waals surface area contributed by atoms with E-state index in [1.807, 2.05) is 0 Å². The van der Waals surface area contributed by atoms with Gasteiger partial charge >= 0.3 is 6.09 Å². The first-order chi connectivity index (χ1) is 8.30. The van der Waals surface area contributed by atoms with Crippen LogP contribution in [0.5, 0.6) is 0 Å². The molecule has 2 heterocycles. The van der Waals surface area contributed by atoms with E-state index < -0.39 is 31.0 Å². The highest BCUT2D eigenvalue weighted by atomic mass is 19.3. The van der Waals surface area contributed by atoms with Gasteiger partial charge in [-0.25, -0.2) is 13.6 Å². The van der Waals surface area contributed by atoms with E-state index in [9.17, 15) is 18.4 Å². The second-order valence-corrected chi connectivity index (χ2v) is 5.10. The lowest BCUT2D eigenvalue weighted by atomic mass is 10.0. The number of nitrogens with zero attached hydrogens (tertiary/aromatic N) is 2. The highest BCUT2D eigenvalue weighted by Crippen LogP contribution is 2.32. The number of carbonyl (C=O) groups is 2. The molecule has 0 aromatic heterocycles. The zero-order chi connectivity index (χ0) is 13.5. The lowest BCUT2D eigenvalue weighted by molar-refractivity contribution is -0.138. The summed E-state index contributed by atoms with van der Waals surface area (Å²) in [6.07, 6.45) is -1.16. The number of alkyl halides is 2. The molecule has 2 amide bonds. The molecule has 2 aliphatic rings. The number of piperidine rings is 1. The third-order valence-corrected chi connectivity index (χ3v) is 3.61. The van der Waals surface area contributed by atoms with Crippen LogP contribution in [0.25, 0.3) is 0 Å². The molecule has 0 saturated carbocycles. The third kappa shape index (κ3) is 2.39. The van der Waals surface area contributed by atoms with Crippen LogP contribution >= 0.6 is 0 Å². The van der Waals surface area contributed by atoms with Gasteiger partial charge in [0, 0.05) is 25.4 Å². The number of halogens is 2. The number of hydrogen-bond acceptors (Lipinski definition) is 2. The van der Waals surface area contributed by atoms with Crippen LogP contribution in [0.15, 0.2) is 0 Å². The van der Waals surface area contributed by atoms with Crippen molar-refractivity contribution in [3.63, 3.8) is 0 Å². The Balaban J connectivity index is 2.13. The average Bonchev–Trinajstić information content (AvgIpc) is 2.57. The van der Waals surface area contributed by atoms with E-state index in [4.69, 9.17) is 5.11 Å². The maximum absolute atomic E-state index is 13.5. The molecular weight excluding hydrogens is 246 g/mol. The molecule has 0 aliphatic carbocycles. The van der Waals surface area contributed by atoms with E-state index in [2.05, 4.69) is 0 Å². The summed E-state index contributed by atoms with van der Waals surface area (Å²) in [6, 6.07) is -0.706. The van der Waals surface area contributed by atoms with Crippen LogP contribution in [0.2, 0.25) is 0 Å². The summed E-state index contributed by atoms with van der Waals surface area (Å²) in [5, 5.41) is 8.84. The number of rotatable bonds is 1. The van der Waals surface area contributed by atoms with E-state index in [1.165, 1.54) is 4.90 Å². The van der Waals surface area contributed by atoms with E-state index in [0.717, 1.165) is 0 Å². The minimum Gasteiger partial charge on any atom is -0.465 e. The third-order valence-electron chi connectivity index (χ3n) is 3.61. The quantitative estimate of drug-likeness (QED) is 0.773. The Morgan fingerprint density at radius 1 is 1.50 bits per heavy atom. The summed E-state index contributed by atoms with van der Waals surface area (Å²) in [5.74, 6) is -3.37. The fourth-order valence-electron chi connectivity index (χ4n) is 2.64. The lowest BCUT2D eigenvalue weighted by Crippen LogP contribution is -2.57. The number of amides is 2. The molecule has 0 radical (unpaired) electrons. The van der Waals surface area contributed by atoms with Crippen molar-refractivity contribution in [1.29, 1.82) is 0 Å². The van der Waals surface area contributed by atoms with Gasteiger partial charge in [0.15, 0.2) is 0 Å². The second-order valence-electron chi connectivity index (χ2n) is 5.10. The Kier molecular flexibility index (Phi) is 3.16. The van der Waals surface area contributed by atoms with Crippen LogP contribution in [0.4, 0.5) is 13.6 Å². The predicted octanol–water partition coefficient (Wildman–Crippen LogP) is 1.24. The molecule has 2 atom stereocenters. The number of carbonyl (C=O) groups excluding carboxylic acids is 1. The largest absolute Gasteiger partial charge is 0.465 e. The lowest BCUT2D eigenvalue weighted by Gasteiger charge is -2.40. The minimum atomic E-state index is -3.06. The van der Waals surface area contributed by atoms with Crippen LogP contribution in [-0.2, 0) is 4.79 Å². The molecule has 2 fully saturated rings. The molecule has 2 saturated heterocycles. The van der Waals surface area contributed by atoms with Crippen molar-refractivity contribution in [2.45, 2.75) is 31.7 Å². The summed E-state index contributed by atoms with van der Waals surface area (Å²) >= 11 is 0. The fourth-order valence-corrected chi connectivity index (χ4v) is 2.64. The van der Waals surface area contributed by atoms with Gasteiger partial charge in [-0.2, -0.15) is 0 Å². The molecule has 0 aromatic rings. The first-order valence-corrected chi connectivity index (χ1v) is 5.96. The summed E-state index contributed by atoms with van der Waals surface area (Å²) in [4.78, 5) is 24.8. The maximum atomic E-state index is 13.5. The Morgan fingerprint density at radius 2 is 2.17 bits per heavy atom. The molecule has 0 bridgehead atoms. The van der Waals surface area contributed by atoms with Gasteiger partial charge in [-0.3, -0.25) is 4.79 Å². The van der Waals surface area contributed by atoms with Crippen LogP contribution in [0.1, 0.15) is 19.8 Å². The van der Waals surface area contributed by atoms with Crippen molar-refractivity contribution < 1.29 is 23.5 Å². The first kappa shape index (κ1) is 13.0. The smallest absolute Gasteiger partial charge is 0.407 e. The van der Waals surface area contributed by atoms with Gasteiger partial charge in [0.25, 0.3) is 5.92 Å². The van der Waals surface area contributed by atoms with Crippen LogP contribution in [0, 0.1) is 5.92 Å². The van der Waals surface area contributed by atoms with Crippen molar-refractivity contribution in [2.24, 2.45) is 5.92 Å². The summed E-state index contributed by atoms with van der Waals surface area (Å²) in [7, 11) is 0. The molecule has 2 aliphatic heterocycles. The minimum absolute atomic E-state index is 0.0244. The van der Waals surface area contributed by atoms with E-state index in [1.54, 1.807) is 6.92 Å². The molecular formula is C11H16F2N2O3. The Labute approximate surface area is 103 Å². The Hall–Kier alpha value is -1.40. The van der Waals surface area contributed by atoms with Crippen molar-refractivity contribution >= 4 is 12.0 Å². The maximum Gasteiger partial charge on any atom is 0.407 e. The molecule has 7 heteroatoms. The van der Waals surface area contributed by atoms with Crippen LogP contribution in [-0.4, -0.2) is 58.5 Å². The van der Waals surface area contributed by atoms with E-state index >= 15 is 0 Å². The Bertz CT molecular complexity index is 375. The summed E-state index contributed by atoms with van der Waals surface area (Å²) in [5.41, 5.74) is 0. The molecule has 102 valence electrons. The highest BCUT2D eigenvalue weighted by molar-refractivity contribution is 5.81. The van der Waals surface area contributed by atoms with Gasteiger partial charge in [0.05, 0.1) is 12.6 Å².